The van der Waals surface area contributed by atoms with Crippen LogP contribution in [-0.2, 0) is 6.42 Å². The van der Waals surface area contributed by atoms with Crippen LogP contribution in [0.25, 0.3) is 21.6 Å². The van der Waals surface area contributed by atoms with Gasteiger partial charge in [0.25, 0.3) is 0 Å². The van der Waals surface area contributed by atoms with Crippen LogP contribution >= 0.6 is 11.3 Å². The summed E-state index contributed by atoms with van der Waals surface area (Å²) in [6.45, 7) is 2.06. The number of nitrogens with zero attached hydrogens (tertiary/aromatic N) is 3. The smallest absolute Gasteiger partial charge is 0.164 e. The highest BCUT2D eigenvalue weighted by atomic mass is 32.1. The van der Waals surface area contributed by atoms with E-state index in [1.165, 1.54) is 12.1 Å². The average Bonchev–Trinajstić information content (AvgIpc) is 3.08. The highest BCUT2D eigenvalue weighted by Gasteiger charge is 2.14. The molecule has 0 saturated heterocycles. The minimum Gasteiger partial charge on any atom is -0.337 e. The predicted octanol–water partition coefficient (Wildman–Crippen LogP) is 5.34. The lowest BCUT2D eigenvalue weighted by Crippen LogP contribution is -2.00. The molecule has 4 nitrogen and oxygen atoms in total. The predicted molar refractivity (Wildman–Crippen MR) is 99.7 cm³/mol. The van der Waals surface area contributed by atoms with Crippen molar-refractivity contribution in [2.75, 3.05) is 5.32 Å². The zero-order valence-corrected chi connectivity index (χ0v) is 14.6. The summed E-state index contributed by atoms with van der Waals surface area (Å²) < 4.78 is 27.3. The SMILES string of the molecule is CCc1cc2c(Nc3ccc(F)cc3F)nc(-c3cccnc3)nc2s1. The number of benzene rings is 1. The Labute approximate surface area is 152 Å². The number of anilines is 2. The Kier molecular flexibility index (Phi) is 4.30. The van der Waals surface area contributed by atoms with Crippen molar-refractivity contribution >= 4 is 33.1 Å². The maximum atomic E-state index is 14.1. The zero-order valence-electron chi connectivity index (χ0n) is 13.8. The minimum absolute atomic E-state index is 0.160. The Bertz CT molecular complexity index is 1080. The van der Waals surface area contributed by atoms with Crippen molar-refractivity contribution in [3.05, 3.63) is 65.3 Å². The van der Waals surface area contributed by atoms with Gasteiger partial charge in [-0.15, -0.1) is 11.3 Å². The third kappa shape index (κ3) is 3.13. The lowest BCUT2D eigenvalue weighted by Gasteiger charge is -2.10. The lowest BCUT2D eigenvalue weighted by atomic mass is 10.2. The van der Waals surface area contributed by atoms with Gasteiger partial charge in [-0.2, -0.15) is 0 Å². The molecular weight excluding hydrogens is 354 g/mol. The maximum Gasteiger partial charge on any atom is 0.164 e. The van der Waals surface area contributed by atoms with Gasteiger partial charge in [-0.1, -0.05) is 6.92 Å². The summed E-state index contributed by atoms with van der Waals surface area (Å²) in [6, 6.07) is 9.07. The third-order valence-corrected chi connectivity index (χ3v) is 5.07. The Balaban J connectivity index is 1.87. The van der Waals surface area contributed by atoms with Crippen LogP contribution in [0.3, 0.4) is 0 Å². The summed E-state index contributed by atoms with van der Waals surface area (Å²) in [5.41, 5.74) is 0.927. The molecule has 0 radical (unpaired) electrons. The largest absolute Gasteiger partial charge is 0.337 e. The van der Waals surface area contributed by atoms with E-state index < -0.39 is 11.6 Å². The van der Waals surface area contributed by atoms with Crippen LogP contribution in [0.1, 0.15) is 11.8 Å². The number of hydrogen-bond donors (Lipinski definition) is 1. The fraction of sp³-hybridized carbons (Fsp3) is 0.105. The molecule has 0 aliphatic carbocycles. The number of aromatic nitrogens is 3. The van der Waals surface area contributed by atoms with Crippen LogP contribution in [0.15, 0.2) is 48.8 Å². The van der Waals surface area contributed by atoms with Crippen LogP contribution in [0, 0.1) is 11.6 Å². The molecule has 0 spiro atoms. The first-order valence-corrected chi connectivity index (χ1v) is 8.88. The van der Waals surface area contributed by atoms with Gasteiger partial charge in [0.15, 0.2) is 5.82 Å². The highest BCUT2D eigenvalue weighted by Crippen LogP contribution is 2.33. The normalized spacial score (nSPS) is 11.0. The first-order chi connectivity index (χ1) is 12.6. The number of nitrogens with one attached hydrogen (secondary N) is 1. The number of rotatable bonds is 4. The van der Waals surface area contributed by atoms with E-state index in [-0.39, 0.29) is 5.69 Å². The van der Waals surface area contributed by atoms with E-state index in [9.17, 15) is 8.78 Å². The number of hydrogen-bond acceptors (Lipinski definition) is 5. The Morgan fingerprint density at radius 1 is 1.12 bits per heavy atom. The van der Waals surface area contributed by atoms with E-state index in [4.69, 9.17) is 0 Å². The standard InChI is InChI=1S/C19H14F2N4S/c1-2-13-9-14-18(23-16-6-5-12(20)8-15(16)21)24-17(25-19(14)26-13)11-4-3-7-22-10-11/h3-10H,2H2,1H3,(H,23,24,25). The van der Waals surface area contributed by atoms with Gasteiger partial charge >= 0.3 is 0 Å². The number of fused-ring (bicyclic) bond motifs is 1. The molecule has 3 heterocycles. The molecule has 3 aromatic heterocycles. The van der Waals surface area contributed by atoms with E-state index in [0.717, 1.165) is 33.1 Å². The van der Waals surface area contributed by atoms with Crippen molar-refractivity contribution in [2.45, 2.75) is 13.3 Å². The molecule has 0 saturated carbocycles. The molecule has 1 N–H and O–H groups in total. The Morgan fingerprint density at radius 2 is 2.00 bits per heavy atom. The molecule has 4 aromatic rings. The summed E-state index contributed by atoms with van der Waals surface area (Å²) in [4.78, 5) is 15.2. The van der Waals surface area contributed by atoms with Gasteiger partial charge in [-0.05, 0) is 36.8 Å². The molecule has 0 bridgehead atoms. The van der Waals surface area contributed by atoms with Crippen LogP contribution in [0.4, 0.5) is 20.3 Å². The minimum atomic E-state index is -0.675. The second-order valence-corrected chi connectivity index (χ2v) is 6.79. The number of halogens is 2. The van der Waals surface area contributed by atoms with Crippen LogP contribution in [-0.4, -0.2) is 15.0 Å². The molecule has 4 rings (SSSR count). The van der Waals surface area contributed by atoms with Gasteiger partial charge in [0.05, 0.1) is 11.1 Å². The maximum absolute atomic E-state index is 14.1. The van der Waals surface area contributed by atoms with Crippen molar-refractivity contribution < 1.29 is 8.78 Å². The van der Waals surface area contributed by atoms with Gasteiger partial charge in [0.2, 0.25) is 0 Å². The molecule has 0 fully saturated rings. The topological polar surface area (TPSA) is 50.7 Å². The zero-order chi connectivity index (χ0) is 18.1. The number of aryl methyl sites for hydroxylation is 1. The molecular formula is C19H14F2N4S. The van der Waals surface area contributed by atoms with Crippen LogP contribution in [0.2, 0.25) is 0 Å². The summed E-state index contributed by atoms with van der Waals surface area (Å²) in [6.07, 6.45) is 4.22. The van der Waals surface area contributed by atoms with Crippen molar-refractivity contribution in [2.24, 2.45) is 0 Å². The monoisotopic (exact) mass is 368 g/mol. The first-order valence-electron chi connectivity index (χ1n) is 8.07. The molecule has 0 amide bonds. The molecule has 1 aromatic carbocycles. The third-order valence-electron chi connectivity index (χ3n) is 3.90. The fourth-order valence-electron chi connectivity index (χ4n) is 2.58. The summed E-state index contributed by atoms with van der Waals surface area (Å²) in [7, 11) is 0. The first kappa shape index (κ1) is 16.5. The van der Waals surface area contributed by atoms with Gasteiger partial charge in [-0.3, -0.25) is 4.98 Å². The second-order valence-electron chi connectivity index (χ2n) is 5.67. The van der Waals surface area contributed by atoms with Crippen LogP contribution in [0.5, 0.6) is 0 Å². The van der Waals surface area contributed by atoms with E-state index in [1.807, 2.05) is 18.2 Å². The second kappa shape index (κ2) is 6.76. The molecule has 0 aliphatic rings. The van der Waals surface area contributed by atoms with Crippen molar-refractivity contribution in [1.82, 2.24) is 15.0 Å². The lowest BCUT2D eigenvalue weighted by molar-refractivity contribution is 0.586. The molecule has 0 unspecified atom stereocenters. The van der Waals surface area contributed by atoms with Crippen molar-refractivity contribution in [3.63, 3.8) is 0 Å². The Hall–Kier alpha value is -2.93. The molecule has 130 valence electrons. The molecule has 0 atom stereocenters. The fourth-order valence-corrected chi connectivity index (χ4v) is 3.55. The van der Waals surface area contributed by atoms with E-state index >= 15 is 0 Å². The number of thiophene rings is 1. The molecule has 7 heteroatoms. The Morgan fingerprint density at radius 3 is 2.73 bits per heavy atom. The number of pyridine rings is 1. The summed E-state index contributed by atoms with van der Waals surface area (Å²) in [5.74, 6) is -0.318. The van der Waals surface area contributed by atoms with Crippen LogP contribution < -0.4 is 5.32 Å². The quantitative estimate of drug-likeness (QED) is 0.528. The van der Waals surface area contributed by atoms with Gasteiger partial charge < -0.3 is 5.32 Å². The van der Waals surface area contributed by atoms with Gasteiger partial charge in [-0.25, -0.2) is 18.7 Å². The van der Waals surface area contributed by atoms with E-state index in [0.29, 0.717) is 11.6 Å². The molecule has 0 aliphatic heterocycles. The highest BCUT2D eigenvalue weighted by molar-refractivity contribution is 7.18. The van der Waals surface area contributed by atoms with Crippen molar-refractivity contribution in [3.8, 4) is 11.4 Å². The van der Waals surface area contributed by atoms with E-state index in [2.05, 4.69) is 27.2 Å². The van der Waals surface area contributed by atoms with E-state index in [1.54, 1.807) is 23.7 Å². The van der Waals surface area contributed by atoms with Gasteiger partial charge in [0, 0.05) is 28.9 Å². The van der Waals surface area contributed by atoms with Gasteiger partial charge in [0.1, 0.15) is 22.3 Å². The van der Waals surface area contributed by atoms with Crippen molar-refractivity contribution in [1.29, 1.82) is 0 Å². The average molecular weight is 368 g/mol. The summed E-state index contributed by atoms with van der Waals surface area (Å²) in [5, 5.41) is 3.79. The molecule has 26 heavy (non-hydrogen) atoms. The summed E-state index contributed by atoms with van der Waals surface area (Å²) >= 11 is 1.57.